The van der Waals surface area contributed by atoms with Gasteiger partial charge in [0.05, 0.1) is 18.8 Å². The van der Waals surface area contributed by atoms with E-state index in [1.165, 1.54) is 25.7 Å². The van der Waals surface area contributed by atoms with Crippen LogP contribution < -0.4 is 14.2 Å². The average Bonchev–Trinajstić information content (AvgIpc) is 3.62. The molecule has 2 aliphatic carbocycles. The van der Waals surface area contributed by atoms with Crippen LogP contribution >= 0.6 is 0 Å². The van der Waals surface area contributed by atoms with E-state index in [-0.39, 0.29) is 5.97 Å². The third-order valence-corrected chi connectivity index (χ3v) is 7.03. The van der Waals surface area contributed by atoms with E-state index in [1.54, 1.807) is 6.92 Å². The molecule has 2 aromatic carbocycles. The highest BCUT2D eigenvalue weighted by Crippen LogP contribution is 2.31. The number of hydrogen-bond acceptors (Lipinski definition) is 6. The highest BCUT2D eigenvalue weighted by atomic mass is 16.6. The number of benzene rings is 2. The normalized spacial score (nSPS) is 17.1. The van der Waals surface area contributed by atoms with Crippen molar-refractivity contribution in [1.29, 1.82) is 0 Å². The predicted octanol–water partition coefficient (Wildman–Crippen LogP) is 6.93. The van der Waals surface area contributed by atoms with Gasteiger partial charge in [-0.15, -0.1) is 0 Å². The van der Waals surface area contributed by atoms with Crippen molar-refractivity contribution in [3.8, 4) is 17.2 Å². The van der Waals surface area contributed by atoms with Crippen LogP contribution in [-0.4, -0.2) is 44.1 Å². The molecule has 1 unspecified atom stereocenters. The molecule has 0 saturated heterocycles. The summed E-state index contributed by atoms with van der Waals surface area (Å²) in [6, 6.07) is 14.0. The van der Waals surface area contributed by atoms with Crippen molar-refractivity contribution in [3.05, 3.63) is 59.7 Å². The van der Waals surface area contributed by atoms with E-state index >= 15 is 0 Å². The van der Waals surface area contributed by atoms with E-state index in [9.17, 15) is 4.79 Å². The third kappa shape index (κ3) is 8.80. The van der Waals surface area contributed by atoms with Gasteiger partial charge in [-0.1, -0.05) is 18.2 Å². The van der Waals surface area contributed by atoms with Gasteiger partial charge in [0.25, 0.3) is 0 Å². The zero-order valence-electron chi connectivity index (χ0n) is 22.9. The Kier molecular flexibility index (Phi) is 10.9. The van der Waals surface area contributed by atoms with Gasteiger partial charge in [0.1, 0.15) is 23.9 Å². The Morgan fingerprint density at radius 2 is 1.45 bits per heavy atom. The first kappa shape index (κ1) is 28.0. The SMILES string of the molecule is CCOC(=O)C(Cc1ccc(OCC=Cc2cc(OC3CCCC3)cc(OC3CCCC3)c2)cc1)OCC. The largest absolute Gasteiger partial charge is 0.490 e. The van der Waals surface area contributed by atoms with Crippen molar-refractivity contribution >= 4 is 12.0 Å². The lowest BCUT2D eigenvalue weighted by Gasteiger charge is -2.17. The summed E-state index contributed by atoms with van der Waals surface area (Å²) < 4.78 is 29.2. The molecule has 0 radical (unpaired) electrons. The maximum atomic E-state index is 12.1. The minimum absolute atomic E-state index is 0.306. The number of esters is 1. The number of carbonyl (C=O) groups is 1. The molecule has 4 rings (SSSR count). The molecule has 2 saturated carbocycles. The van der Waals surface area contributed by atoms with Crippen molar-refractivity contribution in [2.45, 2.75) is 89.9 Å². The summed E-state index contributed by atoms with van der Waals surface area (Å²) in [6.45, 7) is 4.91. The Hall–Kier alpha value is -2.99. The van der Waals surface area contributed by atoms with Crippen LogP contribution in [0, 0.1) is 0 Å². The first-order valence-corrected chi connectivity index (χ1v) is 14.3. The minimum atomic E-state index is -0.592. The summed E-state index contributed by atoms with van der Waals surface area (Å²) in [7, 11) is 0. The standard InChI is InChI=1S/C32H42O6/c1-3-34-31(32(33)35-4-2)22-24-15-17-26(18-16-24)36-19-9-10-25-20-29(37-27-11-5-6-12-27)23-30(21-25)38-28-13-7-8-14-28/h9-10,15-18,20-21,23,27-28,31H,3-8,11-14,19,22H2,1-2H3. The number of rotatable bonds is 14. The van der Waals surface area contributed by atoms with Crippen LogP contribution in [0.1, 0.15) is 76.3 Å². The van der Waals surface area contributed by atoms with Gasteiger partial charge in [-0.2, -0.15) is 0 Å². The summed E-state index contributed by atoms with van der Waals surface area (Å²) in [5, 5.41) is 0. The number of hydrogen-bond donors (Lipinski definition) is 0. The fraction of sp³-hybridized carbons (Fsp3) is 0.531. The summed E-state index contributed by atoms with van der Waals surface area (Å²) in [5.74, 6) is 2.22. The van der Waals surface area contributed by atoms with Crippen molar-refractivity contribution in [2.24, 2.45) is 0 Å². The van der Waals surface area contributed by atoms with Crippen LogP contribution in [0.15, 0.2) is 48.5 Å². The molecule has 0 spiro atoms. The third-order valence-electron chi connectivity index (χ3n) is 7.03. The smallest absolute Gasteiger partial charge is 0.335 e. The molecule has 2 aromatic rings. The van der Waals surface area contributed by atoms with E-state index in [0.29, 0.717) is 38.4 Å². The summed E-state index contributed by atoms with van der Waals surface area (Å²) in [6.07, 6.45) is 14.0. The molecule has 6 nitrogen and oxygen atoms in total. The molecule has 206 valence electrons. The Bertz CT molecular complexity index is 982. The molecule has 0 amide bonds. The van der Waals surface area contributed by atoms with Gasteiger partial charge in [-0.25, -0.2) is 4.79 Å². The molecule has 2 fully saturated rings. The second-order valence-corrected chi connectivity index (χ2v) is 10.0. The summed E-state index contributed by atoms with van der Waals surface area (Å²) in [5.41, 5.74) is 2.04. The van der Waals surface area contributed by atoms with Crippen LogP contribution in [0.4, 0.5) is 0 Å². The molecule has 0 aliphatic heterocycles. The fourth-order valence-electron chi connectivity index (χ4n) is 5.13. The topological polar surface area (TPSA) is 63.2 Å². The van der Waals surface area contributed by atoms with E-state index in [2.05, 4.69) is 18.2 Å². The fourth-order valence-corrected chi connectivity index (χ4v) is 5.13. The molecule has 6 heteroatoms. The summed E-state index contributed by atoms with van der Waals surface area (Å²) in [4.78, 5) is 12.1. The van der Waals surface area contributed by atoms with Crippen LogP contribution in [0.2, 0.25) is 0 Å². The Balaban J connectivity index is 1.33. The van der Waals surface area contributed by atoms with Gasteiger partial charge < -0.3 is 23.7 Å². The maximum Gasteiger partial charge on any atom is 0.335 e. The minimum Gasteiger partial charge on any atom is -0.490 e. The van der Waals surface area contributed by atoms with E-state index in [4.69, 9.17) is 23.7 Å². The first-order chi connectivity index (χ1) is 18.6. The zero-order valence-corrected chi connectivity index (χ0v) is 22.9. The van der Waals surface area contributed by atoms with Crippen molar-refractivity contribution in [2.75, 3.05) is 19.8 Å². The number of ether oxygens (including phenoxy) is 5. The second-order valence-electron chi connectivity index (χ2n) is 10.0. The van der Waals surface area contributed by atoms with E-state index in [0.717, 1.165) is 54.1 Å². The van der Waals surface area contributed by atoms with Crippen LogP contribution in [0.3, 0.4) is 0 Å². The van der Waals surface area contributed by atoms with Gasteiger partial charge in [-0.05, 0) is 107 Å². The number of carbonyl (C=O) groups excluding carboxylic acids is 1. The monoisotopic (exact) mass is 522 g/mol. The van der Waals surface area contributed by atoms with Gasteiger partial charge in [0.15, 0.2) is 6.10 Å². The highest BCUT2D eigenvalue weighted by molar-refractivity contribution is 5.75. The van der Waals surface area contributed by atoms with Crippen molar-refractivity contribution in [1.82, 2.24) is 0 Å². The van der Waals surface area contributed by atoms with Gasteiger partial charge in [0, 0.05) is 19.1 Å². The molecular weight excluding hydrogens is 480 g/mol. The molecule has 0 bridgehead atoms. The molecular formula is C32H42O6. The molecule has 0 aromatic heterocycles. The quantitative estimate of drug-likeness (QED) is 0.251. The molecule has 0 heterocycles. The average molecular weight is 523 g/mol. The van der Waals surface area contributed by atoms with Gasteiger partial charge in [-0.3, -0.25) is 0 Å². The van der Waals surface area contributed by atoms with E-state index < -0.39 is 6.10 Å². The lowest BCUT2D eigenvalue weighted by molar-refractivity contribution is -0.156. The lowest BCUT2D eigenvalue weighted by Crippen LogP contribution is -2.28. The van der Waals surface area contributed by atoms with Crippen LogP contribution in [-0.2, 0) is 20.7 Å². The Labute approximate surface area is 227 Å². The van der Waals surface area contributed by atoms with E-state index in [1.807, 2.05) is 43.3 Å². The van der Waals surface area contributed by atoms with Crippen molar-refractivity contribution in [3.63, 3.8) is 0 Å². The maximum absolute atomic E-state index is 12.1. The van der Waals surface area contributed by atoms with Crippen LogP contribution in [0.5, 0.6) is 17.2 Å². The van der Waals surface area contributed by atoms with Gasteiger partial charge >= 0.3 is 5.97 Å². The molecule has 1 atom stereocenters. The predicted molar refractivity (Wildman–Crippen MR) is 149 cm³/mol. The van der Waals surface area contributed by atoms with Gasteiger partial charge in [0.2, 0.25) is 0 Å². The van der Waals surface area contributed by atoms with Crippen LogP contribution in [0.25, 0.3) is 6.08 Å². The summed E-state index contributed by atoms with van der Waals surface area (Å²) >= 11 is 0. The molecule has 38 heavy (non-hydrogen) atoms. The highest BCUT2D eigenvalue weighted by Gasteiger charge is 2.21. The second kappa shape index (κ2) is 14.8. The first-order valence-electron chi connectivity index (χ1n) is 14.3. The molecule has 2 aliphatic rings. The zero-order chi connectivity index (χ0) is 26.6. The Morgan fingerprint density at radius 3 is 2.00 bits per heavy atom. The Morgan fingerprint density at radius 1 is 0.842 bits per heavy atom. The lowest BCUT2D eigenvalue weighted by atomic mass is 10.1. The van der Waals surface area contributed by atoms with Crippen molar-refractivity contribution < 1.29 is 28.5 Å². The molecule has 0 N–H and O–H groups in total.